The highest BCUT2D eigenvalue weighted by Crippen LogP contribution is 2.37. The zero-order chi connectivity index (χ0) is 27.5. The minimum absolute atomic E-state index is 0.0171. The molecule has 13 heteroatoms. The van der Waals surface area contributed by atoms with Gasteiger partial charge in [-0.3, -0.25) is 18.7 Å². The zero-order valence-corrected chi connectivity index (χ0v) is 23.3. The minimum Gasteiger partial charge on any atom is -0.493 e. The molecule has 3 aromatic rings. The Bertz CT molecular complexity index is 1490. The first-order chi connectivity index (χ1) is 17.4. The first kappa shape index (κ1) is 28.5. The summed E-state index contributed by atoms with van der Waals surface area (Å²) in [6, 6.07) is 9.72. The van der Waals surface area contributed by atoms with Crippen LogP contribution < -0.4 is 19.1 Å². The number of halogens is 2. The zero-order valence-electron chi connectivity index (χ0n) is 20.1. The molecule has 0 saturated carbocycles. The second-order valence-corrected chi connectivity index (χ2v) is 11.6. The van der Waals surface area contributed by atoms with Crippen molar-refractivity contribution in [2.45, 2.75) is 18.7 Å². The lowest BCUT2D eigenvalue weighted by Gasteiger charge is -2.21. The third-order valence-corrected chi connectivity index (χ3v) is 8.48. The number of ether oxygens (including phenoxy) is 2. The van der Waals surface area contributed by atoms with Crippen molar-refractivity contribution < 1.29 is 32.3 Å². The third kappa shape index (κ3) is 6.24. The number of ketones is 2. The number of methoxy groups -OCH3 is 1. The lowest BCUT2D eigenvalue weighted by molar-refractivity contribution is -0.113. The number of rotatable bonds is 10. The van der Waals surface area contributed by atoms with E-state index in [9.17, 15) is 22.8 Å². The molecule has 3 rings (SSSR count). The average Bonchev–Trinajstić information content (AvgIpc) is 3.25. The quantitative estimate of drug-likeness (QED) is 0.253. The van der Waals surface area contributed by atoms with Gasteiger partial charge >= 0.3 is 0 Å². The number of anilines is 2. The molecule has 37 heavy (non-hydrogen) atoms. The van der Waals surface area contributed by atoms with Gasteiger partial charge in [0.1, 0.15) is 9.77 Å². The van der Waals surface area contributed by atoms with Crippen molar-refractivity contribution in [1.82, 2.24) is 0 Å². The van der Waals surface area contributed by atoms with Gasteiger partial charge in [0.2, 0.25) is 5.78 Å². The van der Waals surface area contributed by atoms with Gasteiger partial charge in [-0.05, 0) is 43.3 Å². The molecule has 1 N–H and O–H groups in total. The summed E-state index contributed by atoms with van der Waals surface area (Å²) in [5.41, 5.74) is 0.340. The topological polar surface area (TPSA) is 119 Å². The Morgan fingerprint density at radius 1 is 1.05 bits per heavy atom. The van der Waals surface area contributed by atoms with Crippen LogP contribution in [0.3, 0.4) is 0 Å². The summed E-state index contributed by atoms with van der Waals surface area (Å²) in [5, 5.41) is 2.62. The Morgan fingerprint density at radius 3 is 2.38 bits per heavy atom. The molecular formula is C24H22Cl2N2O7S2. The Labute approximate surface area is 227 Å². The second kappa shape index (κ2) is 11.5. The van der Waals surface area contributed by atoms with Gasteiger partial charge < -0.3 is 14.8 Å². The van der Waals surface area contributed by atoms with Crippen LogP contribution >= 0.6 is 34.5 Å². The second-order valence-electron chi connectivity index (χ2n) is 7.55. The summed E-state index contributed by atoms with van der Waals surface area (Å²) < 4.78 is 38.9. The predicted octanol–water partition coefficient (Wildman–Crippen LogP) is 5.31. The number of nitrogens with one attached hydrogen (secondary N) is 1. The fraction of sp³-hybridized carbons (Fsp3) is 0.208. The highest BCUT2D eigenvalue weighted by molar-refractivity contribution is 7.93. The summed E-state index contributed by atoms with van der Waals surface area (Å²) in [6.07, 6.45) is 0. The molecule has 0 bridgehead atoms. The lowest BCUT2D eigenvalue weighted by atomic mass is 10.1. The molecule has 1 aromatic heterocycles. The molecule has 0 aliphatic carbocycles. The minimum atomic E-state index is -4.25. The van der Waals surface area contributed by atoms with Gasteiger partial charge in [0.25, 0.3) is 15.9 Å². The molecule has 0 aliphatic heterocycles. The summed E-state index contributed by atoms with van der Waals surface area (Å²) >= 11 is 12.9. The normalized spacial score (nSPS) is 11.1. The first-order valence-corrected chi connectivity index (χ1v) is 13.7. The van der Waals surface area contributed by atoms with E-state index in [0.717, 1.165) is 22.6 Å². The fourth-order valence-electron chi connectivity index (χ4n) is 3.29. The average molecular weight is 585 g/mol. The van der Waals surface area contributed by atoms with E-state index < -0.39 is 27.5 Å². The van der Waals surface area contributed by atoms with Gasteiger partial charge in [-0.1, -0.05) is 23.2 Å². The molecule has 0 saturated heterocycles. The molecule has 0 radical (unpaired) electrons. The number of Topliss-reactive ketones (excluding diaryl/α,β-unsaturated/α-hetero) is 2. The number of carbonyl (C=O) groups is 3. The molecule has 196 valence electrons. The van der Waals surface area contributed by atoms with E-state index in [1.54, 1.807) is 6.07 Å². The van der Waals surface area contributed by atoms with Crippen LogP contribution in [0, 0.1) is 0 Å². The Morgan fingerprint density at radius 2 is 1.76 bits per heavy atom. The number of hydrogen-bond donors (Lipinski definition) is 1. The van der Waals surface area contributed by atoms with Crippen LogP contribution in [-0.2, 0) is 14.8 Å². The van der Waals surface area contributed by atoms with Gasteiger partial charge in [0, 0.05) is 36.3 Å². The Kier molecular flexibility index (Phi) is 8.85. The van der Waals surface area contributed by atoms with Crippen molar-refractivity contribution in [2.75, 3.05) is 30.4 Å². The number of hydrogen-bond acceptors (Lipinski definition) is 8. The van der Waals surface area contributed by atoms with Crippen LogP contribution in [0.25, 0.3) is 0 Å². The highest BCUT2D eigenvalue weighted by atomic mass is 35.5. The Hall–Kier alpha value is -3.12. The number of amides is 1. The molecule has 0 unspecified atom stereocenters. The SMILES string of the molecule is CCOc1ccc(N(C)S(=O)(=O)c2cc(Cl)sc2C(=O)Nc2cc(Cl)cc(C(=O)C(C)=O)c2)cc1OC. The molecular weight excluding hydrogens is 563 g/mol. The molecule has 0 fully saturated rings. The van der Waals surface area contributed by atoms with Gasteiger partial charge in [0.05, 0.1) is 23.7 Å². The maximum absolute atomic E-state index is 13.5. The van der Waals surface area contributed by atoms with Crippen molar-refractivity contribution >= 4 is 73.4 Å². The molecule has 0 spiro atoms. The van der Waals surface area contributed by atoms with Crippen molar-refractivity contribution in [1.29, 1.82) is 0 Å². The van der Waals surface area contributed by atoms with Crippen molar-refractivity contribution in [3.63, 3.8) is 0 Å². The van der Waals surface area contributed by atoms with Gasteiger partial charge in [-0.25, -0.2) is 8.42 Å². The van der Waals surface area contributed by atoms with E-state index in [1.165, 1.54) is 50.6 Å². The number of carbonyl (C=O) groups excluding carboxylic acids is 3. The number of nitrogens with zero attached hydrogens (tertiary/aromatic N) is 1. The maximum atomic E-state index is 13.5. The van der Waals surface area contributed by atoms with Gasteiger partial charge in [0.15, 0.2) is 17.3 Å². The summed E-state index contributed by atoms with van der Waals surface area (Å²) in [5.74, 6) is -1.50. The lowest BCUT2D eigenvalue weighted by Crippen LogP contribution is -2.28. The van der Waals surface area contributed by atoms with E-state index in [-0.39, 0.29) is 36.1 Å². The predicted molar refractivity (Wildman–Crippen MR) is 143 cm³/mol. The van der Waals surface area contributed by atoms with E-state index in [1.807, 2.05) is 6.92 Å². The van der Waals surface area contributed by atoms with Crippen LogP contribution in [0.5, 0.6) is 11.5 Å². The number of thiophene rings is 1. The Balaban J connectivity index is 1.96. The maximum Gasteiger partial charge on any atom is 0.267 e. The van der Waals surface area contributed by atoms with E-state index in [4.69, 9.17) is 32.7 Å². The molecule has 9 nitrogen and oxygen atoms in total. The van der Waals surface area contributed by atoms with Crippen molar-refractivity contribution in [2.24, 2.45) is 0 Å². The van der Waals surface area contributed by atoms with Crippen molar-refractivity contribution in [3.8, 4) is 11.5 Å². The first-order valence-electron chi connectivity index (χ1n) is 10.6. The van der Waals surface area contributed by atoms with Crippen LogP contribution in [0.1, 0.15) is 33.9 Å². The van der Waals surface area contributed by atoms with E-state index >= 15 is 0 Å². The fourth-order valence-corrected chi connectivity index (χ4v) is 6.40. The van der Waals surface area contributed by atoms with E-state index in [0.29, 0.717) is 18.1 Å². The molecule has 1 amide bonds. The van der Waals surface area contributed by atoms with E-state index in [2.05, 4.69) is 5.32 Å². The van der Waals surface area contributed by atoms with Gasteiger partial charge in [-0.15, -0.1) is 11.3 Å². The number of benzene rings is 2. The molecule has 0 atom stereocenters. The van der Waals surface area contributed by atoms with Crippen LogP contribution in [0.2, 0.25) is 9.36 Å². The smallest absolute Gasteiger partial charge is 0.267 e. The monoisotopic (exact) mass is 584 g/mol. The highest BCUT2D eigenvalue weighted by Gasteiger charge is 2.30. The van der Waals surface area contributed by atoms with Crippen molar-refractivity contribution in [3.05, 3.63) is 62.3 Å². The molecule has 0 aliphatic rings. The largest absolute Gasteiger partial charge is 0.493 e. The number of sulfonamides is 1. The van der Waals surface area contributed by atoms with Crippen LogP contribution in [-0.4, -0.2) is 46.7 Å². The third-order valence-electron chi connectivity index (χ3n) is 5.06. The standard InChI is InChI=1S/C24H22Cl2N2O7S2/c1-5-35-18-7-6-17(11-19(18)34-4)28(3)37(32,33)20-12-21(26)36-23(20)24(31)27-16-9-14(8-15(25)10-16)22(30)13(2)29/h6-12H,5H2,1-4H3,(H,27,31). The summed E-state index contributed by atoms with van der Waals surface area (Å²) in [6.45, 7) is 3.32. The summed E-state index contributed by atoms with van der Waals surface area (Å²) in [7, 11) is -1.49. The molecule has 1 heterocycles. The summed E-state index contributed by atoms with van der Waals surface area (Å²) in [4.78, 5) is 36.1. The van der Waals surface area contributed by atoms with Crippen LogP contribution in [0.4, 0.5) is 11.4 Å². The van der Waals surface area contributed by atoms with Gasteiger partial charge in [-0.2, -0.15) is 0 Å². The molecule has 2 aromatic carbocycles. The van der Waals surface area contributed by atoms with Crippen LogP contribution in [0.15, 0.2) is 47.4 Å².